The summed E-state index contributed by atoms with van der Waals surface area (Å²) in [4.78, 5) is 11.7. The first-order valence-corrected chi connectivity index (χ1v) is 6.02. The van der Waals surface area contributed by atoms with E-state index in [4.69, 9.17) is 16.3 Å². The predicted molar refractivity (Wildman–Crippen MR) is 66.9 cm³/mol. The molecule has 17 heavy (non-hydrogen) atoms. The standard InChI is InChI=1S/C13H17ClO3/c1-3-9-17-12(15)13(2,16)11(14)10-7-5-4-6-8-10/h4-8,11,16H,3,9H2,1-2H3. The monoisotopic (exact) mass is 256 g/mol. The first kappa shape index (κ1) is 14.0. The summed E-state index contributed by atoms with van der Waals surface area (Å²) in [5.74, 6) is -0.691. The van der Waals surface area contributed by atoms with E-state index in [2.05, 4.69) is 0 Å². The van der Waals surface area contributed by atoms with Gasteiger partial charge in [0.1, 0.15) is 0 Å². The van der Waals surface area contributed by atoms with Gasteiger partial charge in [-0.3, -0.25) is 0 Å². The van der Waals surface area contributed by atoms with Gasteiger partial charge in [0.25, 0.3) is 0 Å². The van der Waals surface area contributed by atoms with E-state index in [0.717, 1.165) is 0 Å². The molecule has 2 unspecified atom stereocenters. The normalized spacial score (nSPS) is 16.0. The minimum atomic E-state index is -1.72. The summed E-state index contributed by atoms with van der Waals surface area (Å²) in [7, 11) is 0. The Morgan fingerprint density at radius 2 is 2.06 bits per heavy atom. The zero-order valence-corrected chi connectivity index (χ0v) is 10.8. The molecule has 3 nitrogen and oxygen atoms in total. The number of halogens is 1. The SMILES string of the molecule is CCCOC(=O)C(C)(O)C(Cl)c1ccccc1. The van der Waals surface area contributed by atoms with Crippen molar-refractivity contribution in [2.24, 2.45) is 0 Å². The lowest BCUT2D eigenvalue weighted by Gasteiger charge is -2.26. The average Bonchev–Trinajstić information content (AvgIpc) is 2.35. The second kappa shape index (κ2) is 6.03. The van der Waals surface area contributed by atoms with Gasteiger partial charge in [-0.1, -0.05) is 37.3 Å². The number of ether oxygens (including phenoxy) is 1. The molecule has 0 aromatic heterocycles. The quantitative estimate of drug-likeness (QED) is 0.651. The highest BCUT2D eigenvalue weighted by molar-refractivity contribution is 6.23. The van der Waals surface area contributed by atoms with E-state index < -0.39 is 16.9 Å². The summed E-state index contributed by atoms with van der Waals surface area (Å²) >= 11 is 6.12. The van der Waals surface area contributed by atoms with Crippen molar-refractivity contribution in [3.8, 4) is 0 Å². The molecule has 1 rings (SSSR count). The van der Waals surface area contributed by atoms with Crippen molar-refractivity contribution in [3.05, 3.63) is 35.9 Å². The third kappa shape index (κ3) is 3.45. The Bertz CT molecular complexity index is 362. The van der Waals surface area contributed by atoms with Gasteiger partial charge < -0.3 is 9.84 Å². The fraction of sp³-hybridized carbons (Fsp3) is 0.462. The van der Waals surface area contributed by atoms with Gasteiger partial charge in [0, 0.05) is 0 Å². The second-order valence-electron chi connectivity index (χ2n) is 4.06. The maximum atomic E-state index is 11.7. The summed E-state index contributed by atoms with van der Waals surface area (Å²) in [6.45, 7) is 3.54. The van der Waals surface area contributed by atoms with Gasteiger partial charge in [0.05, 0.1) is 12.0 Å². The van der Waals surface area contributed by atoms with Crippen molar-refractivity contribution >= 4 is 17.6 Å². The van der Waals surface area contributed by atoms with Crippen LogP contribution in [0, 0.1) is 0 Å². The van der Waals surface area contributed by atoms with E-state index in [-0.39, 0.29) is 6.61 Å². The zero-order chi connectivity index (χ0) is 12.9. The number of benzene rings is 1. The molecule has 1 aromatic rings. The summed E-state index contributed by atoms with van der Waals surface area (Å²) < 4.78 is 4.93. The van der Waals surface area contributed by atoms with E-state index in [1.165, 1.54) is 6.92 Å². The maximum absolute atomic E-state index is 11.7. The lowest BCUT2D eigenvalue weighted by Crippen LogP contribution is -2.41. The Morgan fingerprint density at radius 3 is 2.59 bits per heavy atom. The summed E-state index contributed by atoms with van der Waals surface area (Å²) in [6, 6.07) is 8.98. The van der Waals surface area contributed by atoms with Crippen LogP contribution in [0.2, 0.25) is 0 Å². The van der Waals surface area contributed by atoms with E-state index in [1.807, 2.05) is 13.0 Å². The molecule has 0 aliphatic rings. The second-order valence-corrected chi connectivity index (χ2v) is 4.49. The van der Waals surface area contributed by atoms with Crippen LogP contribution >= 0.6 is 11.6 Å². The number of hydrogen-bond acceptors (Lipinski definition) is 3. The molecular formula is C13H17ClO3. The van der Waals surface area contributed by atoms with Crippen molar-refractivity contribution in [1.82, 2.24) is 0 Å². The fourth-order valence-corrected chi connectivity index (χ4v) is 1.63. The molecule has 0 saturated carbocycles. The highest BCUT2D eigenvalue weighted by Crippen LogP contribution is 2.33. The first-order valence-electron chi connectivity index (χ1n) is 5.58. The van der Waals surface area contributed by atoms with Crippen molar-refractivity contribution in [2.75, 3.05) is 6.61 Å². The number of esters is 1. The molecule has 0 bridgehead atoms. The first-order chi connectivity index (χ1) is 8.00. The number of carbonyl (C=O) groups is 1. The number of rotatable bonds is 5. The van der Waals surface area contributed by atoms with Crippen LogP contribution in [0.4, 0.5) is 0 Å². The highest BCUT2D eigenvalue weighted by atomic mass is 35.5. The molecule has 0 radical (unpaired) electrons. The molecule has 0 aliphatic heterocycles. The van der Waals surface area contributed by atoms with Crippen molar-refractivity contribution in [1.29, 1.82) is 0 Å². The Labute approximate surface area is 106 Å². The summed E-state index contributed by atoms with van der Waals surface area (Å²) in [5, 5.41) is 9.30. The molecule has 0 saturated heterocycles. The van der Waals surface area contributed by atoms with Gasteiger partial charge in [0.2, 0.25) is 0 Å². The minimum absolute atomic E-state index is 0.285. The maximum Gasteiger partial charge on any atom is 0.339 e. The summed E-state index contributed by atoms with van der Waals surface area (Å²) in [6.07, 6.45) is 0.708. The third-order valence-corrected chi connectivity index (χ3v) is 3.11. The third-order valence-electron chi connectivity index (χ3n) is 2.44. The molecule has 0 aliphatic carbocycles. The molecule has 0 fully saturated rings. The van der Waals surface area contributed by atoms with E-state index >= 15 is 0 Å². The molecule has 0 amide bonds. The molecular weight excluding hydrogens is 240 g/mol. The Morgan fingerprint density at radius 1 is 1.47 bits per heavy atom. The van der Waals surface area contributed by atoms with Gasteiger partial charge in [-0.15, -0.1) is 11.6 Å². The smallest absolute Gasteiger partial charge is 0.339 e. The van der Waals surface area contributed by atoms with E-state index in [9.17, 15) is 9.90 Å². The topological polar surface area (TPSA) is 46.5 Å². The zero-order valence-electron chi connectivity index (χ0n) is 10.0. The van der Waals surface area contributed by atoms with Crippen LogP contribution in [-0.4, -0.2) is 23.3 Å². The Hall–Kier alpha value is -1.06. The van der Waals surface area contributed by atoms with Crippen LogP contribution < -0.4 is 0 Å². The van der Waals surface area contributed by atoms with Crippen molar-refractivity contribution in [3.63, 3.8) is 0 Å². The van der Waals surface area contributed by atoms with Crippen LogP contribution in [0.25, 0.3) is 0 Å². The molecule has 2 atom stereocenters. The van der Waals surface area contributed by atoms with Crippen molar-refractivity contribution < 1.29 is 14.6 Å². The summed E-state index contributed by atoms with van der Waals surface area (Å²) in [5.41, 5.74) is -1.04. The number of carbonyl (C=O) groups excluding carboxylic acids is 1. The fourth-order valence-electron chi connectivity index (χ4n) is 1.39. The molecule has 94 valence electrons. The average molecular weight is 257 g/mol. The molecule has 1 N–H and O–H groups in total. The Kier molecular flexibility index (Phi) is 4.97. The van der Waals surface area contributed by atoms with Crippen LogP contribution in [0.3, 0.4) is 0 Å². The number of aliphatic hydroxyl groups is 1. The van der Waals surface area contributed by atoms with Gasteiger partial charge >= 0.3 is 5.97 Å². The predicted octanol–water partition coefficient (Wildman–Crippen LogP) is 2.67. The van der Waals surface area contributed by atoms with Crippen molar-refractivity contribution in [2.45, 2.75) is 31.2 Å². The van der Waals surface area contributed by atoms with Crippen LogP contribution in [-0.2, 0) is 9.53 Å². The van der Waals surface area contributed by atoms with Crippen LogP contribution in [0.1, 0.15) is 31.2 Å². The molecule has 0 heterocycles. The van der Waals surface area contributed by atoms with Crippen LogP contribution in [0.15, 0.2) is 30.3 Å². The van der Waals surface area contributed by atoms with Gasteiger partial charge in [-0.05, 0) is 18.9 Å². The lowest BCUT2D eigenvalue weighted by atomic mass is 9.96. The van der Waals surface area contributed by atoms with Gasteiger partial charge in [-0.25, -0.2) is 4.79 Å². The Balaban J connectivity index is 2.79. The number of hydrogen-bond donors (Lipinski definition) is 1. The highest BCUT2D eigenvalue weighted by Gasteiger charge is 2.40. The minimum Gasteiger partial charge on any atom is -0.464 e. The van der Waals surface area contributed by atoms with E-state index in [1.54, 1.807) is 24.3 Å². The van der Waals surface area contributed by atoms with E-state index in [0.29, 0.717) is 12.0 Å². The van der Waals surface area contributed by atoms with Crippen LogP contribution in [0.5, 0.6) is 0 Å². The molecule has 1 aromatic carbocycles. The molecule has 0 spiro atoms. The largest absolute Gasteiger partial charge is 0.464 e. The van der Waals surface area contributed by atoms with Gasteiger partial charge in [-0.2, -0.15) is 0 Å². The lowest BCUT2D eigenvalue weighted by molar-refractivity contribution is -0.164. The number of alkyl halides is 1. The molecule has 4 heteroatoms. The van der Waals surface area contributed by atoms with Gasteiger partial charge in [0.15, 0.2) is 5.60 Å².